The van der Waals surface area contributed by atoms with Gasteiger partial charge < -0.3 is 4.57 Å². The summed E-state index contributed by atoms with van der Waals surface area (Å²) in [4.78, 5) is 0. The lowest BCUT2D eigenvalue weighted by molar-refractivity contribution is 0.693. The van der Waals surface area contributed by atoms with Crippen LogP contribution in [0, 0.1) is 0 Å². The molecule has 198 valence electrons. The molecule has 0 saturated carbocycles. The normalized spacial score (nSPS) is 15.7. The van der Waals surface area contributed by atoms with Crippen molar-refractivity contribution >= 4 is 54.1 Å². The maximum Gasteiger partial charge on any atom is 0.0503 e. The largest absolute Gasteiger partial charge is 0.344 e. The van der Waals surface area contributed by atoms with Crippen molar-refractivity contribution < 1.29 is 0 Å². The highest BCUT2D eigenvalue weighted by Crippen LogP contribution is 2.46. The van der Waals surface area contributed by atoms with Gasteiger partial charge in [0.25, 0.3) is 0 Å². The number of aryl methyl sites for hydroxylation is 1. The third-order valence-electron chi connectivity index (χ3n) is 8.74. The molecule has 8 rings (SSSR count). The van der Waals surface area contributed by atoms with Gasteiger partial charge >= 0.3 is 0 Å². The van der Waals surface area contributed by atoms with Gasteiger partial charge in [-0.2, -0.15) is 0 Å². The van der Waals surface area contributed by atoms with Crippen LogP contribution in [0.2, 0.25) is 0 Å². The molecule has 4 aromatic carbocycles. The van der Waals surface area contributed by atoms with E-state index in [1.165, 1.54) is 70.2 Å². The molecule has 41 heavy (non-hydrogen) atoms. The lowest BCUT2D eigenvalue weighted by Gasteiger charge is -2.17. The Labute approximate surface area is 245 Å². The van der Waals surface area contributed by atoms with E-state index in [2.05, 4.69) is 132 Å². The Bertz CT molecular complexity index is 2050. The molecular formula is C39H31NS. The molecule has 2 heterocycles. The summed E-state index contributed by atoms with van der Waals surface area (Å²) in [5, 5.41) is 4.17. The Morgan fingerprint density at radius 1 is 0.732 bits per heavy atom. The predicted molar refractivity (Wildman–Crippen MR) is 178 cm³/mol. The molecule has 6 aromatic rings. The second-order valence-corrected chi connectivity index (χ2v) is 12.1. The van der Waals surface area contributed by atoms with Crippen LogP contribution in [-0.2, 0) is 13.0 Å². The molecule has 0 atom stereocenters. The number of rotatable bonds is 5. The molecule has 0 fully saturated rings. The second-order valence-electron chi connectivity index (χ2n) is 11.1. The van der Waals surface area contributed by atoms with Gasteiger partial charge in [0.05, 0.1) is 5.52 Å². The molecule has 0 N–H and O–H groups in total. The second kappa shape index (κ2) is 10.2. The lowest BCUT2D eigenvalue weighted by Crippen LogP contribution is -2.07. The number of hydrogen-bond acceptors (Lipinski definition) is 1. The maximum absolute atomic E-state index is 2.64. The minimum atomic E-state index is 0.983. The minimum Gasteiger partial charge on any atom is -0.344 e. The maximum atomic E-state index is 2.64. The molecule has 0 aliphatic heterocycles. The summed E-state index contributed by atoms with van der Waals surface area (Å²) in [6.45, 7) is 0.983. The van der Waals surface area contributed by atoms with Crippen molar-refractivity contribution in [1.82, 2.24) is 4.57 Å². The van der Waals surface area contributed by atoms with Crippen LogP contribution in [0.25, 0.3) is 53.9 Å². The summed E-state index contributed by atoms with van der Waals surface area (Å²) in [5.41, 5.74) is 11.1. The zero-order chi connectivity index (χ0) is 27.2. The van der Waals surface area contributed by atoms with Gasteiger partial charge in [0, 0.05) is 43.4 Å². The Kier molecular flexibility index (Phi) is 6.08. The first-order valence-corrected chi connectivity index (χ1v) is 15.5. The number of allylic oxidation sites excluding steroid dienone is 7. The van der Waals surface area contributed by atoms with Crippen LogP contribution in [0.4, 0.5) is 0 Å². The SMILES string of the molecule is C1=CC/C(=C(\CCn2c3c(c4c5sc6c(-c7ccccc7)cccc6c5ccc42)C=CCC3)c2ccccc2)C=C1. The number of thiophene rings is 1. The Balaban J connectivity index is 1.30. The topological polar surface area (TPSA) is 4.93 Å². The smallest absolute Gasteiger partial charge is 0.0503 e. The van der Waals surface area contributed by atoms with Gasteiger partial charge in [-0.15, -0.1) is 11.3 Å². The third-order valence-corrected chi connectivity index (χ3v) is 10.0. The highest BCUT2D eigenvalue weighted by atomic mass is 32.1. The van der Waals surface area contributed by atoms with Gasteiger partial charge in [-0.05, 0) is 59.6 Å². The molecule has 0 unspecified atom stereocenters. The van der Waals surface area contributed by atoms with Gasteiger partial charge in [0.2, 0.25) is 0 Å². The summed E-state index contributed by atoms with van der Waals surface area (Å²) in [6.07, 6.45) is 17.9. The number of benzene rings is 4. The van der Waals surface area contributed by atoms with E-state index in [0.29, 0.717) is 0 Å². The van der Waals surface area contributed by atoms with Crippen LogP contribution in [0.3, 0.4) is 0 Å². The molecule has 2 heteroatoms. The molecule has 2 aliphatic carbocycles. The van der Waals surface area contributed by atoms with E-state index in [0.717, 1.165) is 32.2 Å². The fourth-order valence-corrected chi connectivity index (χ4v) is 8.23. The first kappa shape index (κ1) is 24.4. The third kappa shape index (κ3) is 4.13. The van der Waals surface area contributed by atoms with Gasteiger partial charge in [0.1, 0.15) is 0 Å². The number of fused-ring (bicyclic) bond motifs is 7. The average molecular weight is 546 g/mol. The molecule has 0 spiro atoms. The van der Waals surface area contributed by atoms with E-state index < -0.39 is 0 Å². The van der Waals surface area contributed by atoms with Crippen molar-refractivity contribution in [3.63, 3.8) is 0 Å². The quantitative estimate of drug-likeness (QED) is 0.203. The van der Waals surface area contributed by atoms with Crippen LogP contribution in [-0.4, -0.2) is 4.57 Å². The number of nitrogens with zero attached hydrogens (tertiary/aromatic N) is 1. The van der Waals surface area contributed by atoms with Crippen molar-refractivity contribution in [2.45, 2.75) is 32.2 Å². The van der Waals surface area contributed by atoms with Crippen LogP contribution < -0.4 is 0 Å². The van der Waals surface area contributed by atoms with Gasteiger partial charge in [-0.3, -0.25) is 0 Å². The standard InChI is InChI=1S/C39H31NS/c1-4-13-27(14-5-1)30(28-15-6-2-7-16-28)25-26-40-35-22-11-10-19-34(35)37-36(40)24-23-33-32-21-12-20-31(38(32)41-39(33)37)29-17-8-3-9-18-29/h1-10,12-15,17-21,23-24H,11,16,22,25-26H2/b30-28+. The summed E-state index contributed by atoms with van der Waals surface area (Å²) >= 11 is 1.97. The predicted octanol–water partition coefficient (Wildman–Crippen LogP) is 11.0. The fraction of sp³-hybridized carbons (Fsp3) is 0.128. The molecular weight excluding hydrogens is 515 g/mol. The van der Waals surface area contributed by atoms with Gasteiger partial charge in [0.15, 0.2) is 0 Å². The van der Waals surface area contributed by atoms with E-state index in [1.54, 1.807) is 0 Å². The van der Waals surface area contributed by atoms with Crippen LogP contribution in [0.1, 0.15) is 36.1 Å². The summed E-state index contributed by atoms with van der Waals surface area (Å²) in [5.74, 6) is 0. The fourth-order valence-electron chi connectivity index (χ4n) is 6.83. The molecule has 0 amide bonds. The highest BCUT2D eigenvalue weighted by molar-refractivity contribution is 7.27. The van der Waals surface area contributed by atoms with Crippen LogP contribution >= 0.6 is 11.3 Å². The van der Waals surface area contributed by atoms with E-state index in [-0.39, 0.29) is 0 Å². The van der Waals surface area contributed by atoms with Gasteiger partial charge in [-0.1, -0.05) is 121 Å². The van der Waals surface area contributed by atoms with Crippen molar-refractivity contribution in [3.8, 4) is 11.1 Å². The van der Waals surface area contributed by atoms with Crippen LogP contribution in [0.5, 0.6) is 0 Å². The zero-order valence-corrected chi connectivity index (χ0v) is 23.8. The summed E-state index contributed by atoms with van der Waals surface area (Å²) in [6, 6.07) is 33.4. The van der Waals surface area contributed by atoms with Gasteiger partial charge in [-0.25, -0.2) is 0 Å². The van der Waals surface area contributed by atoms with Crippen molar-refractivity contribution in [1.29, 1.82) is 0 Å². The molecule has 0 radical (unpaired) electrons. The van der Waals surface area contributed by atoms with Crippen molar-refractivity contribution in [2.24, 2.45) is 0 Å². The molecule has 2 aromatic heterocycles. The zero-order valence-electron chi connectivity index (χ0n) is 23.0. The first-order valence-electron chi connectivity index (χ1n) is 14.7. The molecule has 0 saturated heterocycles. The molecule has 1 nitrogen and oxygen atoms in total. The van der Waals surface area contributed by atoms with Crippen LogP contribution in [0.15, 0.2) is 127 Å². The molecule has 0 bridgehead atoms. The average Bonchev–Trinajstić information content (AvgIpc) is 3.58. The summed E-state index contributed by atoms with van der Waals surface area (Å²) < 4.78 is 5.45. The monoisotopic (exact) mass is 545 g/mol. The number of hydrogen-bond donors (Lipinski definition) is 0. The minimum absolute atomic E-state index is 0.983. The Hall–Kier alpha value is -4.40. The van der Waals surface area contributed by atoms with E-state index >= 15 is 0 Å². The van der Waals surface area contributed by atoms with Crippen molar-refractivity contribution in [2.75, 3.05) is 0 Å². The van der Waals surface area contributed by atoms with Crippen molar-refractivity contribution in [3.05, 3.63) is 144 Å². The Morgan fingerprint density at radius 3 is 2.39 bits per heavy atom. The van der Waals surface area contributed by atoms with E-state index in [9.17, 15) is 0 Å². The van der Waals surface area contributed by atoms with E-state index in [4.69, 9.17) is 0 Å². The summed E-state index contributed by atoms with van der Waals surface area (Å²) in [7, 11) is 0. The molecule has 2 aliphatic rings. The lowest BCUT2D eigenvalue weighted by atomic mass is 9.93. The first-order chi connectivity index (χ1) is 20.4. The number of aromatic nitrogens is 1. The van der Waals surface area contributed by atoms with E-state index in [1.807, 2.05) is 11.3 Å². The Morgan fingerprint density at radius 2 is 1.56 bits per heavy atom. The highest BCUT2D eigenvalue weighted by Gasteiger charge is 2.22.